The predicted molar refractivity (Wildman–Crippen MR) is 65.4 cm³/mol. The molecule has 0 aromatic heterocycles. The van der Waals surface area contributed by atoms with Gasteiger partial charge in [-0.15, -0.1) is 11.8 Å². The molecule has 1 amide bonds. The summed E-state index contributed by atoms with van der Waals surface area (Å²) in [7, 11) is 0. The highest BCUT2D eigenvalue weighted by atomic mass is 32.2. The summed E-state index contributed by atoms with van der Waals surface area (Å²) >= 11 is 5.43. The minimum Gasteiger partial charge on any atom is -0.317 e. The molecule has 76 valence electrons. The van der Waals surface area contributed by atoms with E-state index in [1.807, 2.05) is 24.3 Å². The Kier molecular flexibility index (Phi) is 4.35. The maximum absolute atomic E-state index is 10.6. The highest BCUT2D eigenvalue weighted by Gasteiger charge is 1.99. The number of nitrogens with one attached hydrogen (secondary N) is 1. The average molecular weight is 227 g/mol. The quantitative estimate of drug-likeness (QED) is 0.609. The number of amides is 1. The topological polar surface area (TPSA) is 29.1 Å². The van der Waals surface area contributed by atoms with Gasteiger partial charge in [0, 0.05) is 15.8 Å². The maximum atomic E-state index is 10.6. The molecular formula is C10H13NOS2. The van der Waals surface area contributed by atoms with Gasteiger partial charge in [0.2, 0.25) is 0 Å². The highest BCUT2D eigenvalue weighted by Crippen LogP contribution is 2.24. The van der Waals surface area contributed by atoms with Gasteiger partial charge in [0.1, 0.15) is 0 Å². The monoisotopic (exact) mass is 227 g/mol. The van der Waals surface area contributed by atoms with Gasteiger partial charge in [-0.05, 0) is 24.3 Å². The molecule has 0 radical (unpaired) electrons. The molecule has 0 saturated heterocycles. The lowest BCUT2D eigenvalue weighted by Gasteiger charge is -2.06. The van der Waals surface area contributed by atoms with E-state index in [0.717, 1.165) is 5.69 Å². The van der Waals surface area contributed by atoms with Crippen molar-refractivity contribution in [2.45, 2.75) is 24.0 Å². The number of rotatable bonds is 3. The SMILES string of the molecule is CC(C)Sc1ccc(NC(=O)S)cc1. The fraction of sp³-hybridized carbons (Fsp3) is 0.300. The van der Waals surface area contributed by atoms with E-state index in [1.54, 1.807) is 11.8 Å². The molecule has 0 unspecified atom stereocenters. The predicted octanol–water partition coefficient (Wildman–Crippen LogP) is 3.65. The van der Waals surface area contributed by atoms with Crippen molar-refractivity contribution in [3.63, 3.8) is 0 Å². The third-order valence-corrected chi connectivity index (χ3v) is 2.60. The van der Waals surface area contributed by atoms with Crippen LogP contribution in [0.25, 0.3) is 0 Å². The van der Waals surface area contributed by atoms with Gasteiger partial charge < -0.3 is 5.32 Å². The van der Waals surface area contributed by atoms with Crippen LogP contribution in [0.3, 0.4) is 0 Å². The molecule has 4 heteroatoms. The second-order valence-corrected chi connectivity index (χ2v) is 5.18. The van der Waals surface area contributed by atoms with Crippen molar-refractivity contribution >= 4 is 35.3 Å². The van der Waals surface area contributed by atoms with Crippen LogP contribution in [0.4, 0.5) is 10.5 Å². The van der Waals surface area contributed by atoms with Gasteiger partial charge in [-0.1, -0.05) is 26.5 Å². The number of anilines is 1. The van der Waals surface area contributed by atoms with E-state index in [1.165, 1.54) is 4.90 Å². The molecule has 1 N–H and O–H groups in total. The second-order valence-electron chi connectivity index (χ2n) is 3.12. The van der Waals surface area contributed by atoms with E-state index < -0.39 is 0 Å². The normalized spacial score (nSPS) is 10.3. The summed E-state index contributed by atoms with van der Waals surface area (Å²) in [6, 6.07) is 7.73. The van der Waals surface area contributed by atoms with Crippen molar-refractivity contribution in [1.29, 1.82) is 0 Å². The van der Waals surface area contributed by atoms with E-state index >= 15 is 0 Å². The van der Waals surface area contributed by atoms with Crippen molar-refractivity contribution in [2.24, 2.45) is 0 Å². The smallest absolute Gasteiger partial charge is 0.280 e. The molecule has 1 aromatic carbocycles. The first-order valence-electron chi connectivity index (χ1n) is 4.34. The molecule has 1 rings (SSSR count). The Balaban J connectivity index is 2.63. The third kappa shape index (κ3) is 4.07. The van der Waals surface area contributed by atoms with Crippen LogP contribution in [0.2, 0.25) is 0 Å². The first-order valence-corrected chi connectivity index (χ1v) is 5.67. The molecule has 0 spiro atoms. The van der Waals surface area contributed by atoms with Crippen LogP contribution in [0.5, 0.6) is 0 Å². The molecule has 0 heterocycles. The number of carbonyl (C=O) groups excluding carboxylic acids is 1. The number of carbonyl (C=O) groups is 1. The number of hydrogen-bond donors (Lipinski definition) is 2. The van der Waals surface area contributed by atoms with Gasteiger partial charge in [-0.2, -0.15) is 0 Å². The van der Waals surface area contributed by atoms with E-state index in [2.05, 4.69) is 31.8 Å². The van der Waals surface area contributed by atoms with Gasteiger partial charge in [-0.25, -0.2) is 0 Å². The zero-order valence-electron chi connectivity index (χ0n) is 8.15. The minimum absolute atomic E-state index is 0.339. The van der Waals surface area contributed by atoms with Crippen molar-refractivity contribution in [1.82, 2.24) is 0 Å². The third-order valence-electron chi connectivity index (χ3n) is 1.48. The van der Waals surface area contributed by atoms with Crippen molar-refractivity contribution < 1.29 is 4.79 Å². The fourth-order valence-electron chi connectivity index (χ4n) is 1.01. The van der Waals surface area contributed by atoms with E-state index in [4.69, 9.17) is 0 Å². The second kappa shape index (κ2) is 5.32. The summed E-state index contributed by atoms with van der Waals surface area (Å²) in [6.45, 7) is 4.29. The summed E-state index contributed by atoms with van der Waals surface area (Å²) in [4.78, 5) is 11.8. The maximum Gasteiger partial charge on any atom is 0.280 e. The fourth-order valence-corrected chi connectivity index (χ4v) is 1.98. The Morgan fingerprint density at radius 1 is 1.36 bits per heavy atom. The molecule has 0 atom stereocenters. The van der Waals surface area contributed by atoms with Crippen LogP contribution in [-0.2, 0) is 0 Å². The summed E-state index contributed by atoms with van der Waals surface area (Å²) in [5.74, 6) is 0. The van der Waals surface area contributed by atoms with Gasteiger partial charge >= 0.3 is 0 Å². The Bertz CT molecular complexity index is 308. The molecular weight excluding hydrogens is 214 g/mol. The lowest BCUT2D eigenvalue weighted by atomic mass is 10.3. The molecule has 0 aliphatic rings. The number of thioether (sulfide) groups is 1. The zero-order valence-corrected chi connectivity index (χ0v) is 9.86. The molecule has 0 saturated carbocycles. The molecule has 0 fully saturated rings. The standard InChI is InChI=1S/C10H13NOS2/c1-7(2)14-9-5-3-8(4-6-9)11-10(12)13/h3-7H,1-2H3,(H2,11,12,13). The molecule has 0 aliphatic heterocycles. The van der Waals surface area contributed by atoms with E-state index in [0.29, 0.717) is 5.25 Å². The van der Waals surface area contributed by atoms with Crippen LogP contribution in [-0.4, -0.2) is 10.5 Å². The van der Waals surface area contributed by atoms with E-state index in [9.17, 15) is 4.79 Å². The highest BCUT2D eigenvalue weighted by molar-refractivity contribution is 7.99. The molecule has 0 aliphatic carbocycles. The van der Waals surface area contributed by atoms with Crippen LogP contribution >= 0.6 is 24.4 Å². The van der Waals surface area contributed by atoms with Crippen LogP contribution in [0.1, 0.15) is 13.8 Å². The zero-order chi connectivity index (χ0) is 10.6. The van der Waals surface area contributed by atoms with Crippen LogP contribution < -0.4 is 5.32 Å². The largest absolute Gasteiger partial charge is 0.317 e. The summed E-state index contributed by atoms with van der Waals surface area (Å²) in [5, 5.41) is 2.83. The minimum atomic E-state index is -0.339. The Morgan fingerprint density at radius 2 is 1.93 bits per heavy atom. The van der Waals surface area contributed by atoms with Crippen molar-refractivity contribution in [3.8, 4) is 0 Å². The Hall–Kier alpha value is -0.610. The van der Waals surface area contributed by atoms with Crippen molar-refractivity contribution in [2.75, 3.05) is 5.32 Å². The van der Waals surface area contributed by atoms with Crippen molar-refractivity contribution in [3.05, 3.63) is 24.3 Å². The lowest BCUT2D eigenvalue weighted by molar-refractivity contribution is 0.270. The molecule has 2 nitrogen and oxygen atoms in total. The molecule has 1 aromatic rings. The average Bonchev–Trinajstić information content (AvgIpc) is 2.06. The Morgan fingerprint density at radius 3 is 2.36 bits per heavy atom. The Labute approximate surface area is 93.9 Å². The molecule has 14 heavy (non-hydrogen) atoms. The number of thiol groups is 1. The first kappa shape index (κ1) is 11.5. The van der Waals surface area contributed by atoms with E-state index in [-0.39, 0.29) is 5.24 Å². The summed E-state index contributed by atoms with van der Waals surface area (Å²) in [5.41, 5.74) is 0.776. The van der Waals surface area contributed by atoms with Crippen LogP contribution in [0, 0.1) is 0 Å². The van der Waals surface area contributed by atoms with Gasteiger partial charge in [0.25, 0.3) is 5.24 Å². The van der Waals surface area contributed by atoms with Gasteiger partial charge in [-0.3, -0.25) is 4.79 Å². The number of benzene rings is 1. The van der Waals surface area contributed by atoms with Gasteiger partial charge in [0.15, 0.2) is 0 Å². The molecule has 0 bridgehead atoms. The van der Waals surface area contributed by atoms with Gasteiger partial charge in [0.05, 0.1) is 0 Å². The lowest BCUT2D eigenvalue weighted by Crippen LogP contribution is -2.00. The summed E-state index contributed by atoms with van der Waals surface area (Å²) < 4.78 is 0. The van der Waals surface area contributed by atoms with Crippen LogP contribution in [0.15, 0.2) is 29.2 Å². The summed E-state index contributed by atoms with van der Waals surface area (Å²) in [6.07, 6.45) is 0. The first-order chi connectivity index (χ1) is 6.58. The number of hydrogen-bond acceptors (Lipinski definition) is 2.